The van der Waals surface area contributed by atoms with Crippen LogP contribution in [-0.4, -0.2) is 35.6 Å². The van der Waals surface area contributed by atoms with Crippen LogP contribution in [0.15, 0.2) is 97.1 Å². The second-order valence-corrected chi connectivity index (χ2v) is 14.2. The Kier molecular flexibility index (Phi) is 9.16. The van der Waals surface area contributed by atoms with Crippen LogP contribution in [0.3, 0.4) is 0 Å². The predicted octanol–water partition coefficient (Wildman–Crippen LogP) is 8.00. The molecule has 252 valence electrons. The topological polar surface area (TPSA) is 93.2 Å². The molecule has 0 N–H and O–H groups in total. The Balaban J connectivity index is 0.000000197. The number of hydrogen-bond donors (Lipinski definition) is 0. The highest BCUT2D eigenvalue weighted by Gasteiger charge is 2.59. The molecular formula is C41H42N2O6. The molecule has 0 radical (unpaired) electrons. The SMILES string of the molecule is Cc1ccc(Oc2ccc(C(C)(C)C)cc2)cc1.Cc1ccc(Oc2ccc(N3C(=O)C4CC5C(=O)N(C)C(=O)C5CC4C3=O)cc2)cc1. The van der Waals surface area contributed by atoms with E-state index in [-0.39, 0.29) is 41.9 Å². The van der Waals surface area contributed by atoms with Gasteiger partial charge in [-0.3, -0.25) is 29.0 Å². The van der Waals surface area contributed by atoms with Crippen LogP contribution in [0.1, 0.15) is 50.3 Å². The molecule has 0 aromatic heterocycles. The quantitative estimate of drug-likeness (QED) is 0.202. The fourth-order valence-electron chi connectivity index (χ4n) is 6.77. The number of hydrogen-bond acceptors (Lipinski definition) is 6. The molecule has 0 bridgehead atoms. The first kappa shape index (κ1) is 33.7. The molecule has 4 amide bonds. The van der Waals surface area contributed by atoms with Crippen LogP contribution in [0.5, 0.6) is 23.0 Å². The molecule has 7 rings (SSSR count). The minimum absolute atomic E-state index is 0.183. The Labute approximate surface area is 287 Å². The van der Waals surface area contributed by atoms with Crippen molar-refractivity contribution in [1.29, 1.82) is 0 Å². The minimum Gasteiger partial charge on any atom is -0.457 e. The largest absolute Gasteiger partial charge is 0.457 e. The van der Waals surface area contributed by atoms with E-state index in [1.54, 1.807) is 24.3 Å². The predicted molar refractivity (Wildman–Crippen MR) is 188 cm³/mol. The highest BCUT2D eigenvalue weighted by molar-refractivity contribution is 6.22. The Morgan fingerprint density at radius 1 is 0.510 bits per heavy atom. The van der Waals surface area contributed by atoms with E-state index in [0.717, 1.165) is 22.0 Å². The van der Waals surface area contributed by atoms with Gasteiger partial charge in [0, 0.05) is 7.05 Å². The van der Waals surface area contributed by atoms with Gasteiger partial charge in [-0.05, 0) is 98.3 Å². The van der Waals surface area contributed by atoms with Gasteiger partial charge in [-0.25, -0.2) is 0 Å². The first-order valence-electron chi connectivity index (χ1n) is 16.7. The Bertz CT molecular complexity index is 1820. The number of aryl methyl sites for hydroxylation is 2. The molecule has 0 spiro atoms. The summed E-state index contributed by atoms with van der Waals surface area (Å²) in [6.45, 7) is 10.7. The number of rotatable bonds is 5. The average Bonchev–Trinajstić information content (AvgIpc) is 3.45. The van der Waals surface area contributed by atoms with E-state index in [1.165, 1.54) is 23.1 Å². The van der Waals surface area contributed by atoms with Crippen LogP contribution < -0.4 is 14.4 Å². The second-order valence-electron chi connectivity index (χ2n) is 14.2. The highest BCUT2D eigenvalue weighted by Crippen LogP contribution is 2.48. The summed E-state index contributed by atoms with van der Waals surface area (Å²) in [6.07, 6.45) is 0.500. The summed E-state index contributed by atoms with van der Waals surface area (Å²) in [5.41, 5.74) is 4.35. The lowest BCUT2D eigenvalue weighted by atomic mass is 9.70. The van der Waals surface area contributed by atoms with Gasteiger partial charge in [0.05, 0.1) is 29.4 Å². The van der Waals surface area contributed by atoms with Gasteiger partial charge in [0.25, 0.3) is 0 Å². The molecule has 4 atom stereocenters. The number of benzene rings is 4. The summed E-state index contributed by atoms with van der Waals surface area (Å²) >= 11 is 0. The molecular weight excluding hydrogens is 616 g/mol. The highest BCUT2D eigenvalue weighted by atomic mass is 16.5. The minimum atomic E-state index is -0.555. The normalized spacial score (nSPS) is 21.6. The molecule has 2 heterocycles. The van der Waals surface area contributed by atoms with Crippen molar-refractivity contribution in [3.05, 3.63) is 114 Å². The third kappa shape index (κ3) is 7.00. The maximum Gasteiger partial charge on any atom is 0.237 e. The number of likely N-dealkylation sites (tertiary alicyclic amines) is 1. The van der Waals surface area contributed by atoms with Gasteiger partial charge in [-0.2, -0.15) is 0 Å². The maximum absolute atomic E-state index is 13.1. The molecule has 49 heavy (non-hydrogen) atoms. The van der Waals surface area contributed by atoms with Gasteiger partial charge in [-0.15, -0.1) is 0 Å². The third-order valence-corrected chi connectivity index (χ3v) is 9.69. The number of nitrogens with zero attached hydrogens (tertiary/aromatic N) is 2. The van der Waals surface area contributed by atoms with Gasteiger partial charge in [-0.1, -0.05) is 68.3 Å². The van der Waals surface area contributed by atoms with Crippen molar-refractivity contribution in [2.45, 2.75) is 52.9 Å². The van der Waals surface area contributed by atoms with Crippen LogP contribution >= 0.6 is 0 Å². The van der Waals surface area contributed by atoms with Gasteiger partial charge >= 0.3 is 0 Å². The van der Waals surface area contributed by atoms with E-state index >= 15 is 0 Å². The van der Waals surface area contributed by atoms with Crippen molar-refractivity contribution in [3.8, 4) is 23.0 Å². The van der Waals surface area contributed by atoms with Crippen molar-refractivity contribution < 1.29 is 28.7 Å². The first-order chi connectivity index (χ1) is 23.3. The van der Waals surface area contributed by atoms with Crippen molar-refractivity contribution in [1.82, 2.24) is 4.90 Å². The van der Waals surface area contributed by atoms with Crippen LogP contribution in [-0.2, 0) is 24.6 Å². The maximum atomic E-state index is 13.1. The van der Waals surface area contributed by atoms with Gasteiger partial charge in [0.1, 0.15) is 23.0 Å². The van der Waals surface area contributed by atoms with Crippen molar-refractivity contribution in [2.24, 2.45) is 23.7 Å². The van der Waals surface area contributed by atoms with Gasteiger partial charge < -0.3 is 9.47 Å². The van der Waals surface area contributed by atoms with E-state index in [2.05, 4.69) is 52.0 Å². The number of anilines is 1. The average molecular weight is 659 g/mol. The standard InChI is InChI=1S/C24H22N2O5.C17H20O/c1-13-3-7-15(8-4-13)31-16-9-5-14(6-10-16)26-23(29)19-11-17-18(12-20(19)24(26)30)22(28)25(2)21(17)27;1-13-5-9-15(10-6-13)18-16-11-7-14(8-12-16)17(2,3)4/h3-10,17-20H,11-12H2,1-2H3;5-12H,1-4H3. The van der Waals surface area contributed by atoms with Crippen molar-refractivity contribution in [2.75, 3.05) is 11.9 Å². The van der Waals surface area contributed by atoms with Crippen molar-refractivity contribution >= 4 is 29.3 Å². The van der Waals surface area contributed by atoms with Gasteiger partial charge in [0.2, 0.25) is 23.6 Å². The number of carbonyl (C=O) groups excluding carboxylic acids is 4. The van der Waals surface area contributed by atoms with Crippen LogP contribution in [0.2, 0.25) is 0 Å². The third-order valence-electron chi connectivity index (χ3n) is 9.69. The molecule has 3 fully saturated rings. The first-order valence-corrected chi connectivity index (χ1v) is 16.7. The van der Waals surface area contributed by atoms with Crippen LogP contribution in [0, 0.1) is 37.5 Å². The zero-order valence-corrected chi connectivity index (χ0v) is 28.8. The number of carbonyl (C=O) groups is 4. The van der Waals surface area contributed by atoms with E-state index in [0.29, 0.717) is 17.2 Å². The summed E-state index contributed by atoms with van der Waals surface area (Å²) < 4.78 is 11.6. The molecule has 8 heteroatoms. The van der Waals surface area contributed by atoms with E-state index in [4.69, 9.17) is 9.47 Å². The molecule has 4 aromatic carbocycles. The molecule has 4 aromatic rings. The lowest BCUT2D eigenvalue weighted by Gasteiger charge is -2.28. The Morgan fingerprint density at radius 2 is 0.837 bits per heavy atom. The fourth-order valence-corrected chi connectivity index (χ4v) is 6.77. The van der Waals surface area contributed by atoms with E-state index in [1.807, 2.05) is 55.5 Å². The molecule has 8 nitrogen and oxygen atoms in total. The van der Waals surface area contributed by atoms with Gasteiger partial charge in [0.15, 0.2) is 0 Å². The summed E-state index contributed by atoms with van der Waals surface area (Å²) in [5, 5.41) is 0. The summed E-state index contributed by atoms with van der Waals surface area (Å²) in [5.74, 6) is -0.139. The zero-order chi connectivity index (χ0) is 35.0. The number of imide groups is 2. The Hall–Kier alpha value is -5.24. The summed E-state index contributed by atoms with van der Waals surface area (Å²) in [6, 6.07) is 30.9. The van der Waals surface area contributed by atoms with Crippen LogP contribution in [0.4, 0.5) is 5.69 Å². The molecule has 4 unspecified atom stereocenters. The lowest BCUT2D eigenvalue weighted by molar-refractivity contribution is -0.138. The molecule has 2 aliphatic heterocycles. The fraction of sp³-hybridized carbons (Fsp3) is 0.317. The summed E-state index contributed by atoms with van der Waals surface area (Å²) in [7, 11) is 1.47. The van der Waals surface area contributed by atoms with Crippen molar-refractivity contribution in [3.63, 3.8) is 0 Å². The number of ether oxygens (including phenoxy) is 2. The molecule has 1 saturated carbocycles. The molecule has 1 aliphatic carbocycles. The number of fused-ring (bicyclic) bond motifs is 2. The van der Waals surface area contributed by atoms with Crippen LogP contribution in [0.25, 0.3) is 0 Å². The monoisotopic (exact) mass is 658 g/mol. The van der Waals surface area contributed by atoms with E-state index in [9.17, 15) is 19.2 Å². The molecule has 2 saturated heterocycles. The lowest BCUT2D eigenvalue weighted by Crippen LogP contribution is -2.35. The second kappa shape index (κ2) is 13.3. The molecule has 3 aliphatic rings. The van der Waals surface area contributed by atoms with E-state index < -0.39 is 23.7 Å². The zero-order valence-electron chi connectivity index (χ0n) is 28.8. The Morgan fingerprint density at radius 3 is 1.20 bits per heavy atom. The summed E-state index contributed by atoms with van der Waals surface area (Å²) in [4.78, 5) is 53.2. The smallest absolute Gasteiger partial charge is 0.237 e. The number of amides is 4.